The minimum atomic E-state index is -0.339. The molecule has 0 spiro atoms. The lowest BCUT2D eigenvalue weighted by Crippen LogP contribution is -2.28. The third-order valence-electron chi connectivity index (χ3n) is 5.68. The molecule has 1 unspecified atom stereocenters. The number of nitrogens with two attached hydrogens (primary N) is 1. The average Bonchev–Trinajstić information content (AvgIpc) is 3.06. The second-order valence-electron chi connectivity index (χ2n) is 7.35. The van der Waals surface area contributed by atoms with Gasteiger partial charge >= 0.3 is 5.97 Å². The van der Waals surface area contributed by atoms with Gasteiger partial charge < -0.3 is 15.2 Å². The van der Waals surface area contributed by atoms with E-state index in [-0.39, 0.29) is 17.8 Å². The highest BCUT2D eigenvalue weighted by Gasteiger charge is 2.40. The maximum Gasteiger partial charge on any atom is 0.338 e. The molecule has 1 aliphatic heterocycles. The highest BCUT2D eigenvalue weighted by molar-refractivity contribution is 5.92. The van der Waals surface area contributed by atoms with E-state index >= 15 is 0 Å². The molecule has 2 heterocycles. The van der Waals surface area contributed by atoms with E-state index in [4.69, 9.17) is 20.2 Å². The topological polar surface area (TPSA) is 74.4 Å². The van der Waals surface area contributed by atoms with Crippen LogP contribution in [-0.4, -0.2) is 17.6 Å². The van der Waals surface area contributed by atoms with Gasteiger partial charge in [0.2, 0.25) is 5.88 Å². The zero-order valence-electron chi connectivity index (χ0n) is 16.0. The van der Waals surface area contributed by atoms with Crippen molar-refractivity contribution in [1.82, 2.24) is 4.98 Å². The van der Waals surface area contributed by atoms with Gasteiger partial charge in [0, 0.05) is 28.8 Å². The van der Waals surface area contributed by atoms with Crippen molar-refractivity contribution < 1.29 is 14.3 Å². The van der Waals surface area contributed by atoms with E-state index in [0.29, 0.717) is 23.8 Å². The summed E-state index contributed by atoms with van der Waals surface area (Å²) in [7, 11) is 0. The highest BCUT2D eigenvalue weighted by atomic mass is 16.5. The number of pyridine rings is 1. The molecule has 1 atom stereocenters. The Balaban J connectivity index is 1.89. The molecule has 1 aromatic rings. The van der Waals surface area contributed by atoms with Gasteiger partial charge in [0.15, 0.2) is 0 Å². The van der Waals surface area contributed by atoms with Gasteiger partial charge in [-0.1, -0.05) is 30.7 Å². The predicted molar refractivity (Wildman–Crippen MR) is 104 cm³/mol. The smallest absolute Gasteiger partial charge is 0.338 e. The molecule has 0 radical (unpaired) electrons. The van der Waals surface area contributed by atoms with Crippen LogP contribution in [0.5, 0.6) is 5.88 Å². The molecule has 2 N–H and O–H groups in total. The summed E-state index contributed by atoms with van der Waals surface area (Å²) in [6.45, 7) is 3.95. The number of ether oxygens (including phenoxy) is 2. The molecular weight excluding hydrogens is 340 g/mol. The van der Waals surface area contributed by atoms with Crippen molar-refractivity contribution in [2.45, 2.75) is 51.9 Å². The van der Waals surface area contributed by atoms with Crippen molar-refractivity contribution in [3.63, 3.8) is 0 Å². The van der Waals surface area contributed by atoms with E-state index in [0.717, 1.165) is 48.2 Å². The Hall–Kier alpha value is -2.56. The largest absolute Gasteiger partial charge is 0.463 e. The molecule has 1 aromatic heterocycles. The number of hydrogen-bond donors (Lipinski definition) is 1. The quantitative estimate of drug-likeness (QED) is 0.647. The fourth-order valence-corrected chi connectivity index (χ4v) is 4.42. The molecule has 142 valence electrons. The molecule has 0 bridgehead atoms. The van der Waals surface area contributed by atoms with E-state index in [1.807, 2.05) is 26.0 Å². The zero-order valence-corrected chi connectivity index (χ0v) is 16.0. The van der Waals surface area contributed by atoms with Crippen LogP contribution in [0.15, 0.2) is 35.6 Å². The number of esters is 1. The number of fused-ring (bicyclic) bond motifs is 2. The van der Waals surface area contributed by atoms with E-state index in [2.05, 4.69) is 12.2 Å². The van der Waals surface area contributed by atoms with Gasteiger partial charge in [-0.3, -0.25) is 0 Å². The maximum atomic E-state index is 12.8. The van der Waals surface area contributed by atoms with Gasteiger partial charge in [-0.05, 0) is 45.1 Å². The van der Waals surface area contributed by atoms with Crippen LogP contribution in [0.3, 0.4) is 0 Å². The van der Waals surface area contributed by atoms with Crippen LogP contribution in [0.2, 0.25) is 0 Å². The monoisotopic (exact) mass is 366 g/mol. The first-order chi connectivity index (χ1) is 13.1. The third kappa shape index (κ3) is 3.05. The van der Waals surface area contributed by atoms with Crippen LogP contribution >= 0.6 is 0 Å². The van der Waals surface area contributed by atoms with Gasteiger partial charge in [-0.15, -0.1) is 0 Å². The lowest BCUT2D eigenvalue weighted by molar-refractivity contribution is -0.139. The summed E-state index contributed by atoms with van der Waals surface area (Å²) in [6, 6.07) is 0. The molecule has 5 nitrogen and oxygen atoms in total. The van der Waals surface area contributed by atoms with Crippen LogP contribution in [0.4, 0.5) is 5.69 Å². The summed E-state index contributed by atoms with van der Waals surface area (Å²) >= 11 is 0. The number of nitrogen functional groups attached to an aromatic ring is 1. The molecule has 4 rings (SSSR count). The Labute approximate surface area is 159 Å². The van der Waals surface area contributed by atoms with E-state index in [1.165, 1.54) is 6.42 Å². The number of allylic oxidation sites excluding steroid dienone is 5. The second-order valence-corrected chi connectivity index (χ2v) is 7.35. The Bertz CT molecular complexity index is 855. The van der Waals surface area contributed by atoms with Gasteiger partial charge in [0.05, 0.1) is 12.2 Å². The first-order valence-electron chi connectivity index (χ1n) is 9.83. The molecule has 0 aromatic carbocycles. The van der Waals surface area contributed by atoms with E-state index in [9.17, 15) is 4.79 Å². The summed E-state index contributed by atoms with van der Waals surface area (Å²) in [6.07, 6.45) is 13.5. The molecule has 0 fully saturated rings. The van der Waals surface area contributed by atoms with Gasteiger partial charge in [0.25, 0.3) is 0 Å². The molecular formula is C22H26N2O3. The lowest BCUT2D eigenvalue weighted by atomic mass is 9.78. The highest BCUT2D eigenvalue weighted by Crippen LogP contribution is 2.49. The first kappa shape index (κ1) is 17.8. The summed E-state index contributed by atoms with van der Waals surface area (Å²) in [4.78, 5) is 17.6. The molecule has 0 saturated carbocycles. The van der Waals surface area contributed by atoms with Crippen LogP contribution in [0.25, 0.3) is 0 Å². The summed E-state index contributed by atoms with van der Waals surface area (Å²) in [5.41, 5.74) is 11.0. The summed E-state index contributed by atoms with van der Waals surface area (Å²) in [5, 5.41) is 0. The number of carbonyl (C=O) groups excluding carboxylic acids is 1. The number of aryl methyl sites for hydroxylation is 1. The van der Waals surface area contributed by atoms with Crippen molar-refractivity contribution in [2.24, 2.45) is 5.92 Å². The fourth-order valence-electron chi connectivity index (χ4n) is 4.42. The lowest BCUT2D eigenvalue weighted by Gasteiger charge is -2.32. The summed E-state index contributed by atoms with van der Waals surface area (Å²) in [5.74, 6) is 0.574. The number of carbonyl (C=O) groups is 1. The van der Waals surface area contributed by atoms with Gasteiger partial charge in [0.1, 0.15) is 5.76 Å². The van der Waals surface area contributed by atoms with Gasteiger partial charge in [-0.25, -0.2) is 9.78 Å². The van der Waals surface area contributed by atoms with E-state index < -0.39 is 0 Å². The molecule has 27 heavy (non-hydrogen) atoms. The minimum absolute atomic E-state index is 0.0370. The van der Waals surface area contributed by atoms with Crippen LogP contribution < -0.4 is 10.5 Å². The Morgan fingerprint density at radius 3 is 2.74 bits per heavy atom. The number of aromatic nitrogens is 1. The summed E-state index contributed by atoms with van der Waals surface area (Å²) < 4.78 is 11.4. The van der Waals surface area contributed by atoms with E-state index in [1.54, 1.807) is 0 Å². The van der Waals surface area contributed by atoms with Crippen molar-refractivity contribution in [2.75, 3.05) is 12.3 Å². The SMILES string of the molecule is CCOC(=O)C1=C(C)Oc2nc3c(c(N)c2C1C1C=CC=C1)CCCCC3. The second kappa shape index (κ2) is 7.22. The number of nitrogens with zero attached hydrogens (tertiary/aromatic N) is 1. The number of rotatable bonds is 3. The van der Waals surface area contributed by atoms with Gasteiger partial charge in [-0.2, -0.15) is 0 Å². The first-order valence-corrected chi connectivity index (χ1v) is 9.83. The Kier molecular flexibility index (Phi) is 4.77. The van der Waals surface area contributed by atoms with Crippen molar-refractivity contribution in [3.05, 3.63) is 52.5 Å². The van der Waals surface area contributed by atoms with Crippen LogP contribution in [0.1, 0.15) is 55.8 Å². The minimum Gasteiger partial charge on any atom is -0.463 e. The molecule has 3 aliphatic rings. The van der Waals surface area contributed by atoms with Crippen LogP contribution in [-0.2, 0) is 22.4 Å². The molecule has 0 saturated heterocycles. The van der Waals surface area contributed by atoms with Crippen molar-refractivity contribution in [1.29, 1.82) is 0 Å². The standard InChI is InChI=1S/C22H26N2O3/c1-3-26-22(25)17-13(2)27-21-19(18(17)14-9-7-8-10-14)20(23)15-11-5-4-6-12-16(15)24-21/h7-10,14,18H,3-6,11-12H2,1-2H3,(H2,23,24). The predicted octanol–water partition coefficient (Wildman–Crippen LogP) is 3.99. The van der Waals surface area contributed by atoms with Crippen molar-refractivity contribution in [3.8, 4) is 5.88 Å². The Morgan fingerprint density at radius 1 is 1.26 bits per heavy atom. The van der Waals surface area contributed by atoms with Crippen LogP contribution in [0, 0.1) is 5.92 Å². The van der Waals surface area contributed by atoms with Crippen molar-refractivity contribution >= 4 is 11.7 Å². The molecule has 5 heteroatoms. The fraction of sp³-hybridized carbons (Fsp3) is 0.455. The Morgan fingerprint density at radius 2 is 2.00 bits per heavy atom. The third-order valence-corrected chi connectivity index (χ3v) is 5.68. The average molecular weight is 366 g/mol. The molecule has 0 amide bonds. The number of anilines is 1. The maximum absolute atomic E-state index is 12.8. The zero-order chi connectivity index (χ0) is 19.0. The molecule has 2 aliphatic carbocycles. The number of hydrogen-bond acceptors (Lipinski definition) is 5. The normalized spacial score (nSPS) is 21.5.